The average molecular weight is 352 g/mol. The minimum Gasteiger partial charge on any atom is -0.383 e. The van der Waals surface area contributed by atoms with Crippen LogP contribution >= 0.6 is 0 Å². The van der Waals surface area contributed by atoms with Crippen molar-refractivity contribution in [1.82, 2.24) is 19.4 Å². The molecule has 1 saturated heterocycles. The van der Waals surface area contributed by atoms with Crippen LogP contribution in [-0.4, -0.2) is 63.0 Å². The Morgan fingerprint density at radius 2 is 2.26 bits per heavy atom. The number of methoxy groups -OCH3 is 1. The molecule has 1 N–H and O–H groups in total. The standard InChI is InChI=1S/C13H22F2N4O3S/c1-10-12(8-16-19(10)13(14)15)23(20,21)17-7-11-3-4-18(9-11)5-6-22-2/h8,11,13,17H,3-7,9H2,1-2H3. The maximum Gasteiger partial charge on any atom is 0.333 e. The van der Waals surface area contributed by atoms with Crippen LogP contribution in [0.5, 0.6) is 0 Å². The Balaban J connectivity index is 1.92. The van der Waals surface area contributed by atoms with Gasteiger partial charge in [-0.25, -0.2) is 17.8 Å². The minimum absolute atomic E-state index is 0.0688. The van der Waals surface area contributed by atoms with Gasteiger partial charge in [0.05, 0.1) is 18.5 Å². The quantitative estimate of drug-likeness (QED) is 0.750. The van der Waals surface area contributed by atoms with Crippen LogP contribution in [0.15, 0.2) is 11.1 Å². The average Bonchev–Trinajstić information content (AvgIpc) is 3.09. The fraction of sp³-hybridized carbons (Fsp3) is 0.769. The van der Waals surface area contributed by atoms with Gasteiger partial charge in [-0.1, -0.05) is 0 Å². The first-order valence-corrected chi connectivity index (χ1v) is 8.86. The highest BCUT2D eigenvalue weighted by Crippen LogP contribution is 2.20. The van der Waals surface area contributed by atoms with E-state index in [1.54, 1.807) is 7.11 Å². The van der Waals surface area contributed by atoms with Gasteiger partial charge >= 0.3 is 6.55 Å². The van der Waals surface area contributed by atoms with E-state index in [1.165, 1.54) is 6.92 Å². The second-order valence-electron chi connectivity index (χ2n) is 5.62. The van der Waals surface area contributed by atoms with E-state index in [1.807, 2.05) is 0 Å². The summed E-state index contributed by atoms with van der Waals surface area (Å²) in [7, 11) is -2.19. The maximum absolute atomic E-state index is 12.7. The van der Waals surface area contributed by atoms with Crippen molar-refractivity contribution >= 4 is 10.0 Å². The van der Waals surface area contributed by atoms with Crippen LogP contribution in [-0.2, 0) is 14.8 Å². The molecule has 0 radical (unpaired) electrons. The number of halogens is 2. The maximum atomic E-state index is 12.7. The first kappa shape index (κ1) is 18.2. The molecule has 1 aromatic rings. The number of hydrogen-bond donors (Lipinski definition) is 1. The van der Waals surface area contributed by atoms with Gasteiger partial charge in [0.25, 0.3) is 0 Å². The molecule has 0 saturated carbocycles. The van der Waals surface area contributed by atoms with Gasteiger partial charge in [-0.3, -0.25) is 0 Å². The number of sulfonamides is 1. The van der Waals surface area contributed by atoms with Crippen LogP contribution in [0.1, 0.15) is 18.7 Å². The van der Waals surface area contributed by atoms with Crippen LogP contribution < -0.4 is 4.72 Å². The summed E-state index contributed by atoms with van der Waals surface area (Å²) in [5, 5.41) is 3.43. The van der Waals surface area contributed by atoms with Gasteiger partial charge in [0.2, 0.25) is 10.0 Å². The predicted octanol–water partition coefficient (Wildman–Crippen LogP) is 0.833. The molecule has 1 fully saturated rings. The van der Waals surface area contributed by atoms with E-state index in [4.69, 9.17) is 4.74 Å². The number of nitrogens with one attached hydrogen (secondary N) is 1. The Morgan fingerprint density at radius 3 is 2.87 bits per heavy atom. The van der Waals surface area contributed by atoms with E-state index in [0.717, 1.165) is 32.3 Å². The monoisotopic (exact) mass is 352 g/mol. The first-order valence-electron chi connectivity index (χ1n) is 7.38. The normalized spacial score (nSPS) is 19.8. The van der Waals surface area contributed by atoms with Crippen molar-refractivity contribution in [2.24, 2.45) is 5.92 Å². The zero-order valence-electron chi connectivity index (χ0n) is 13.2. The Bertz CT molecular complexity index is 621. The highest BCUT2D eigenvalue weighted by atomic mass is 32.2. The summed E-state index contributed by atoms with van der Waals surface area (Å²) in [4.78, 5) is 2.01. The number of aromatic nitrogens is 2. The van der Waals surface area contributed by atoms with Crippen LogP contribution in [0.25, 0.3) is 0 Å². The summed E-state index contributed by atoms with van der Waals surface area (Å²) in [6.45, 7) is 1.90. The van der Waals surface area contributed by atoms with Gasteiger partial charge in [-0.05, 0) is 25.8 Å². The highest BCUT2D eigenvalue weighted by molar-refractivity contribution is 7.89. The van der Waals surface area contributed by atoms with E-state index in [-0.39, 0.29) is 23.1 Å². The third-order valence-corrected chi connectivity index (χ3v) is 5.54. The molecular formula is C13H22F2N4O3S. The Morgan fingerprint density at radius 1 is 1.52 bits per heavy atom. The van der Waals surface area contributed by atoms with E-state index in [2.05, 4.69) is 14.7 Å². The Hall–Kier alpha value is -1.10. The lowest BCUT2D eigenvalue weighted by molar-refractivity contribution is 0.0541. The zero-order valence-corrected chi connectivity index (χ0v) is 14.0. The fourth-order valence-electron chi connectivity index (χ4n) is 2.68. The number of rotatable bonds is 8. The summed E-state index contributed by atoms with van der Waals surface area (Å²) in [6, 6.07) is 0. The number of likely N-dealkylation sites (tertiary alicyclic amines) is 1. The zero-order chi connectivity index (χ0) is 17.0. The molecule has 1 aliphatic heterocycles. The van der Waals surface area contributed by atoms with Crippen LogP contribution in [0.4, 0.5) is 8.78 Å². The molecule has 0 aliphatic carbocycles. The van der Waals surface area contributed by atoms with Gasteiger partial charge < -0.3 is 9.64 Å². The number of nitrogens with zero attached hydrogens (tertiary/aromatic N) is 3. The predicted molar refractivity (Wildman–Crippen MR) is 79.8 cm³/mol. The molecule has 132 valence electrons. The number of hydrogen-bond acceptors (Lipinski definition) is 5. The fourth-order valence-corrected chi connectivity index (χ4v) is 3.96. The Labute approximate surface area is 134 Å². The van der Waals surface area contributed by atoms with Crippen LogP contribution in [0.3, 0.4) is 0 Å². The van der Waals surface area contributed by atoms with E-state index < -0.39 is 16.6 Å². The third-order valence-electron chi connectivity index (χ3n) is 4.02. The van der Waals surface area contributed by atoms with E-state index >= 15 is 0 Å². The van der Waals surface area contributed by atoms with Crippen molar-refractivity contribution in [2.75, 3.05) is 39.9 Å². The minimum atomic E-state index is -3.84. The molecular weight excluding hydrogens is 330 g/mol. The highest BCUT2D eigenvalue weighted by Gasteiger charge is 2.27. The Kier molecular flexibility index (Phi) is 6.06. The lowest BCUT2D eigenvalue weighted by Gasteiger charge is -2.15. The van der Waals surface area contributed by atoms with Crippen molar-refractivity contribution in [3.8, 4) is 0 Å². The topological polar surface area (TPSA) is 76.5 Å². The SMILES string of the molecule is COCCN1CCC(CNS(=O)(=O)c2cnn(C(F)F)c2C)C1. The molecule has 0 bridgehead atoms. The van der Waals surface area contributed by atoms with Gasteiger partial charge in [-0.15, -0.1) is 0 Å². The molecule has 2 rings (SSSR count). The summed E-state index contributed by atoms with van der Waals surface area (Å²) in [5.74, 6) is 0.201. The molecule has 2 heterocycles. The molecule has 0 aromatic carbocycles. The van der Waals surface area contributed by atoms with Crippen molar-refractivity contribution in [2.45, 2.75) is 24.8 Å². The summed E-state index contributed by atoms with van der Waals surface area (Å²) in [5.41, 5.74) is -0.0688. The number of ether oxygens (including phenoxy) is 1. The molecule has 1 unspecified atom stereocenters. The molecule has 1 atom stereocenters. The van der Waals surface area contributed by atoms with Crippen LogP contribution in [0.2, 0.25) is 0 Å². The van der Waals surface area contributed by atoms with Crippen molar-refractivity contribution < 1.29 is 21.9 Å². The number of alkyl halides is 2. The summed E-state index contributed by atoms with van der Waals surface area (Å²) < 4.78 is 57.8. The van der Waals surface area contributed by atoms with E-state index in [0.29, 0.717) is 11.3 Å². The van der Waals surface area contributed by atoms with Gasteiger partial charge in [0, 0.05) is 26.7 Å². The van der Waals surface area contributed by atoms with Crippen molar-refractivity contribution in [3.63, 3.8) is 0 Å². The van der Waals surface area contributed by atoms with Gasteiger partial charge in [0.15, 0.2) is 0 Å². The lowest BCUT2D eigenvalue weighted by Crippen LogP contribution is -2.32. The lowest BCUT2D eigenvalue weighted by atomic mass is 10.1. The molecule has 0 amide bonds. The van der Waals surface area contributed by atoms with Crippen molar-refractivity contribution in [3.05, 3.63) is 11.9 Å². The summed E-state index contributed by atoms with van der Waals surface area (Å²) in [6.07, 6.45) is 1.85. The molecule has 23 heavy (non-hydrogen) atoms. The molecule has 0 spiro atoms. The second kappa shape index (κ2) is 7.65. The third kappa shape index (κ3) is 4.46. The molecule has 1 aliphatic rings. The molecule has 7 nitrogen and oxygen atoms in total. The first-order chi connectivity index (χ1) is 10.8. The molecule has 1 aromatic heterocycles. The van der Waals surface area contributed by atoms with Gasteiger partial charge in [-0.2, -0.15) is 13.9 Å². The van der Waals surface area contributed by atoms with Crippen LogP contribution in [0, 0.1) is 12.8 Å². The summed E-state index contributed by atoms with van der Waals surface area (Å²) >= 11 is 0. The van der Waals surface area contributed by atoms with Gasteiger partial charge in [0.1, 0.15) is 4.90 Å². The second-order valence-corrected chi connectivity index (χ2v) is 7.35. The smallest absolute Gasteiger partial charge is 0.333 e. The van der Waals surface area contributed by atoms with E-state index in [9.17, 15) is 17.2 Å². The largest absolute Gasteiger partial charge is 0.383 e. The van der Waals surface area contributed by atoms with Crippen molar-refractivity contribution in [1.29, 1.82) is 0 Å². The molecule has 10 heteroatoms.